The highest BCUT2D eigenvalue weighted by Gasteiger charge is 2.14. The first-order valence-corrected chi connectivity index (χ1v) is 8.47. The van der Waals surface area contributed by atoms with Gasteiger partial charge in [-0.25, -0.2) is 5.43 Å². The van der Waals surface area contributed by atoms with Crippen molar-refractivity contribution in [1.82, 2.24) is 5.43 Å². The predicted octanol–water partition coefficient (Wildman–Crippen LogP) is 2.95. The highest BCUT2D eigenvalue weighted by Crippen LogP contribution is 2.29. The molecule has 0 bridgehead atoms. The number of carbonyl (C=O) groups excluding carboxylic acids is 2. The number of rotatable bonds is 5. The molecule has 0 aliphatic rings. The summed E-state index contributed by atoms with van der Waals surface area (Å²) in [6, 6.07) is 18.3. The minimum absolute atomic E-state index is 0.475. The molecule has 0 saturated carbocycles. The molecule has 0 saturated heterocycles. The number of nitrogens with zero attached hydrogens (tertiary/aromatic N) is 1. The number of anilines is 1. The summed E-state index contributed by atoms with van der Waals surface area (Å²) in [6.45, 7) is 0. The molecule has 0 aliphatic carbocycles. The van der Waals surface area contributed by atoms with Crippen LogP contribution in [0.1, 0.15) is 5.56 Å². The van der Waals surface area contributed by atoms with Crippen LogP contribution < -0.4 is 20.2 Å². The first kappa shape index (κ1) is 18.9. The van der Waals surface area contributed by atoms with Gasteiger partial charge in [-0.3, -0.25) is 9.59 Å². The third-order valence-electron chi connectivity index (χ3n) is 4.05. The van der Waals surface area contributed by atoms with E-state index in [1.165, 1.54) is 20.4 Å². The fraction of sp³-hybridized carbons (Fsp3) is 0.0952. The first-order valence-electron chi connectivity index (χ1n) is 8.47. The molecular weight excluding hydrogens is 358 g/mol. The van der Waals surface area contributed by atoms with Gasteiger partial charge in [0.2, 0.25) is 0 Å². The van der Waals surface area contributed by atoms with Crippen LogP contribution in [0.15, 0.2) is 65.8 Å². The van der Waals surface area contributed by atoms with Crippen molar-refractivity contribution in [2.45, 2.75) is 0 Å². The molecule has 2 amide bonds. The molecular formula is C21H19N3O4. The van der Waals surface area contributed by atoms with Crippen LogP contribution in [-0.4, -0.2) is 32.2 Å². The Morgan fingerprint density at radius 1 is 0.893 bits per heavy atom. The highest BCUT2D eigenvalue weighted by atomic mass is 16.5. The van der Waals surface area contributed by atoms with Gasteiger partial charge in [0.15, 0.2) is 11.5 Å². The van der Waals surface area contributed by atoms with Crippen molar-refractivity contribution in [2.75, 3.05) is 19.5 Å². The van der Waals surface area contributed by atoms with Crippen molar-refractivity contribution in [1.29, 1.82) is 0 Å². The van der Waals surface area contributed by atoms with Crippen LogP contribution in [0.25, 0.3) is 10.8 Å². The zero-order valence-corrected chi connectivity index (χ0v) is 15.4. The fourth-order valence-corrected chi connectivity index (χ4v) is 2.74. The molecule has 142 valence electrons. The van der Waals surface area contributed by atoms with E-state index in [0.29, 0.717) is 22.7 Å². The smallest absolute Gasteiger partial charge is 0.329 e. The van der Waals surface area contributed by atoms with E-state index in [-0.39, 0.29) is 0 Å². The number of amides is 2. The molecule has 0 aliphatic heterocycles. The normalized spacial score (nSPS) is 10.6. The Kier molecular flexibility index (Phi) is 5.86. The van der Waals surface area contributed by atoms with Gasteiger partial charge in [0.05, 0.1) is 20.4 Å². The van der Waals surface area contributed by atoms with Gasteiger partial charge in [0.25, 0.3) is 0 Å². The second-order valence-corrected chi connectivity index (χ2v) is 5.76. The van der Waals surface area contributed by atoms with Gasteiger partial charge in [0.1, 0.15) is 0 Å². The summed E-state index contributed by atoms with van der Waals surface area (Å²) in [6.07, 6.45) is 1.38. The molecule has 3 aromatic carbocycles. The average Bonchev–Trinajstić information content (AvgIpc) is 2.73. The lowest BCUT2D eigenvalue weighted by Crippen LogP contribution is -2.32. The number of benzene rings is 3. The van der Waals surface area contributed by atoms with Gasteiger partial charge < -0.3 is 14.8 Å². The zero-order valence-electron chi connectivity index (χ0n) is 15.4. The fourth-order valence-electron chi connectivity index (χ4n) is 2.74. The molecule has 0 fully saturated rings. The number of nitrogens with one attached hydrogen (secondary N) is 2. The molecule has 0 radical (unpaired) electrons. The summed E-state index contributed by atoms with van der Waals surface area (Å²) in [5.74, 6) is -0.688. The standard InChI is InChI=1S/C21H19N3O4/c1-27-18-12-6-9-15(19(18)28-2)13-22-24-21(26)20(25)23-17-11-5-8-14-7-3-4-10-16(14)17/h3-13H,1-2H3,(H,23,25)(H,24,26)/b22-13-. The monoisotopic (exact) mass is 377 g/mol. The second kappa shape index (κ2) is 8.68. The van der Waals surface area contributed by atoms with Gasteiger partial charge >= 0.3 is 11.8 Å². The van der Waals surface area contributed by atoms with E-state index in [4.69, 9.17) is 9.47 Å². The van der Waals surface area contributed by atoms with E-state index in [1.807, 2.05) is 36.4 Å². The largest absolute Gasteiger partial charge is 0.493 e. The van der Waals surface area contributed by atoms with Crippen LogP contribution in [-0.2, 0) is 9.59 Å². The maximum absolute atomic E-state index is 12.2. The summed E-state index contributed by atoms with van der Waals surface area (Å²) in [5.41, 5.74) is 3.36. The van der Waals surface area contributed by atoms with Crippen molar-refractivity contribution < 1.29 is 19.1 Å². The van der Waals surface area contributed by atoms with Crippen LogP contribution in [0.2, 0.25) is 0 Å². The van der Waals surface area contributed by atoms with Crippen molar-refractivity contribution in [3.05, 3.63) is 66.2 Å². The van der Waals surface area contributed by atoms with Crippen molar-refractivity contribution >= 4 is 34.5 Å². The van der Waals surface area contributed by atoms with Crippen LogP contribution in [0.5, 0.6) is 11.5 Å². The third kappa shape index (κ3) is 4.09. The molecule has 0 spiro atoms. The summed E-state index contributed by atoms with van der Waals surface area (Å²) in [4.78, 5) is 24.2. The molecule has 28 heavy (non-hydrogen) atoms. The molecule has 7 nitrogen and oxygen atoms in total. The highest BCUT2D eigenvalue weighted by molar-refractivity contribution is 6.40. The first-order chi connectivity index (χ1) is 13.6. The topological polar surface area (TPSA) is 89.0 Å². The molecule has 0 aromatic heterocycles. The molecule has 0 heterocycles. The third-order valence-corrected chi connectivity index (χ3v) is 4.05. The van der Waals surface area contributed by atoms with Crippen LogP contribution in [0, 0.1) is 0 Å². The lowest BCUT2D eigenvalue weighted by molar-refractivity contribution is -0.136. The Balaban J connectivity index is 1.68. The Morgan fingerprint density at radius 2 is 1.64 bits per heavy atom. The van der Waals surface area contributed by atoms with E-state index in [1.54, 1.807) is 24.3 Å². The zero-order chi connectivity index (χ0) is 19.9. The van der Waals surface area contributed by atoms with E-state index in [2.05, 4.69) is 15.8 Å². The van der Waals surface area contributed by atoms with Crippen molar-refractivity contribution in [2.24, 2.45) is 5.10 Å². The lowest BCUT2D eigenvalue weighted by atomic mass is 10.1. The minimum atomic E-state index is -0.883. The summed E-state index contributed by atoms with van der Waals surface area (Å²) >= 11 is 0. The predicted molar refractivity (Wildman–Crippen MR) is 108 cm³/mol. The van der Waals surface area contributed by atoms with Crippen LogP contribution in [0.4, 0.5) is 5.69 Å². The van der Waals surface area contributed by atoms with E-state index in [0.717, 1.165) is 10.8 Å². The summed E-state index contributed by atoms with van der Waals surface area (Å²) in [5, 5.41) is 8.24. The number of carbonyl (C=O) groups is 2. The van der Waals surface area contributed by atoms with Crippen molar-refractivity contribution in [3.63, 3.8) is 0 Å². The maximum atomic E-state index is 12.2. The maximum Gasteiger partial charge on any atom is 0.329 e. The Labute approximate surface area is 162 Å². The van der Waals surface area contributed by atoms with E-state index < -0.39 is 11.8 Å². The van der Waals surface area contributed by atoms with Gasteiger partial charge in [-0.05, 0) is 23.6 Å². The number of hydrogen-bond acceptors (Lipinski definition) is 5. The lowest BCUT2D eigenvalue weighted by Gasteiger charge is -2.09. The Morgan fingerprint density at radius 3 is 2.43 bits per heavy atom. The quantitative estimate of drug-likeness (QED) is 0.406. The van der Waals surface area contributed by atoms with Crippen molar-refractivity contribution in [3.8, 4) is 11.5 Å². The molecule has 3 rings (SSSR count). The number of hydrazone groups is 1. The molecule has 2 N–H and O–H groups in total. The van der Waals surface area contributed by atoms with E-state index >= 15 is 0 Å². The van der Waals surface area contributed by atoms with Crippen LogP contribution >= 0.6 is 0 Å². The second-order valence-electron chi connectivity index (χ2n) is 5.76. The van der Waals surface area contributed by atoms with E-state index in [9.17, 15) is 9.59 Å². The minimum Gasteiger partial charge on any atom is -0.493 e. The van der Waals surface area contributed by atoms with Gasteiger partial charge in [-0.15, -0.1) is 0 Å². The average molecular weight is 377 g/mol. The molecule has 7 heteroatoms. The summed E-state index contributed by atoms with van der Waals surface area (Å²) < 4.78 is 10.5. The summed E-state index contributed by atoms with van der Waals surface area (Å²) in [7, 11) is 3.03. The Hall–Kier alpha value is -3.87. The van der Waals surface area contributed by atoms with Gasteiger partial charge in [-0.2, -0.15) is 5.10 Å². The van der Waals surface area contributed by atoms with Gasteiger partial charge in [-0.1, -0.05) is 42.5 Å². The number of hydrogen-bond donors (Lipinski definition) is 2. The number of ether oxygens (including phenoxy) is 2. The Bertz CT molecular complexity index is 1040. The number of para-hydroxylation sites is 1. The molecule has 0 unspecified atom stereocenters. The van der Waals surface area contributed by atoms with Crippen LogP contribution in [0.3, 0.4) is 0 Å². The van der Waals surface area contributed by atoms with Gasteiger partial charge in [0, 0.05) is 16.6 Å². The molecule has 3 aromatic rings. The molecule has 0 atom stereocenters. The number of fused-ring (bicyclic) bond motifs is 1. The number of methoxy groups -OCH3 is 2. The SMILES string of the molecule is COc1cccc(/C=N\NC(=O)C(=O)Nc2cccc3ccccc23)c1OC.